The Labute approximate surface area is 163 Å². The van der Waals surface area contributed by atoms with Gasteiger partial charge in [-0.15, -0.1) is 0 Å². The number of nitrogens with one attached hydrogen (secondary N) is 2. The van der Waals surface area contributed by atoms with E-state index in [-0.39, 0.29) is 5.91 Å². The van der Waals surface area contributed by atoms with E-state index in [2.05, 4.69) is 20.6 Å². The van der Waals surface area contributed by atoms with Crippen LogP contribution in [-0.4, -0.2) is 22.4 Å². The molecule has 0 unspecified atom stereocenters. The van der Waals surface area contributed by atoms with Crippen LogP contribution in [0.1, 0.15) is 27.0 Å². The zero-order valence-electron chi connectivity index (χ0n) is 15.3. The Morgan fingerprint density at radius 2 is 1.70 bits per heavy atom. The van der Waals surface area contributed by atoms with E-state index in [9.17, 15) is 4.79 Å². The van der Waals surface area contributed by atoms with E-state index in [4.69, 9.17) is 11.6 Å². The molecule has 1 heterocycles. The molecule has 2 N–H and O–H groups in total. The molecule has 0 aliphatic heterocycles. The van der Waals surface area contributed by atoms with Gasteiger partial charge in [0.05, 0.1) is 5.56 Å². The van der Waals surface area contributed by atoms with Gasteiger partial charge in [0.2, 0.25) is 5.95 Å². The molecule has 3 rings (SSSR count). The van der Waals surface area contributed by atoms with Gasteiger partial charge in [0.25, 0.3) is 5.91 Å². The zero-order valence-corrected chi connectivity index (χ0v) is 16.0. The van der Waals surface area contributed by atoms with Crippen molar-refractivity contribution >= 4 is 29.1 Å². The Morgan fingerprint density at radius 1 is 1.04 bits per heavy atom. The van der Waals surface area contributed by atoms with E-state index in [1.54, 1.807) is 0 Å². The van der Waals surface area contributed by atoms with Gasteiger partial charge in [-0.05, 0) is 49.1 Å². The van der Waals surface area contributed by atoms with Gasteiger partial charge in [-0.2, -0.15) is 0 Å². The molecule has 2 aromatic carbocycles. The number of rotatable bonds is 6. The van der Waals surface area contributed by atoms with Crippen LogP contribution in [0, 0.1) is 13.8 Å². The van der Waals surface area contributed by atoms with E-state index in [0.29, 0.717) is 18.1 Å². The first kappa shape index (κ1) is 18.9. The number of carbonyl (C=O) groups is 1. The number of halogens is 1. The Balaban J connectivity index is 1.57. The van der Waals surface area contributed by atoms with Crippen LogP contribution in [0.15, 0.2) is 54.9 Å². The van der Waals surface area contributed by atoms with Crippen molar-refractivity contribution in [2.45, 2.75) is 20.3 Å². The molecule has 0 atom stereocenters. The minimum atomic E-state index is -0.224. The molecule has 0 fully saturated rings. The van der Waals surface area contributed by atoms with Crippen LogP contribution in [0.2, 0.25) is 5.02 Å². The number of benzene rings is 2. The van der Waals surface area contributed by atoms with Crippen LogP contribution in [0.4, 0.5) is 11.6 Å². The SMILES string of the molecule is Cc1cccc(C)c1NC(=O)c1cnc(NCCc2cccc(Cl)c2)nc1. The van der Waals surface area contributed by atoms with E-state index < -0.39 is 0 Å². The summed E-state index contributed by atoms with van der Waals surface area (Å²) >= 11 is 5.98. The van der Waals surface area contributed by atoms with Gasteiger partial charge in [0.15, 0.2) is 0 Å². The molecule has 0 saturated carbocycles. The molecule has 0 aliphatic rings. The lowest BCUT2D eigenvalue weighted by atomic mass is 10.1. The lowest BCUT2D eigenvalue weighted by Crippen LogP contribution is -2.15. The van der Waals surface area contributed by atoms with Crippen molar-refractivity contribution in [3.05, 3.63) is 82.1 Å². The largest absolute Gasteiger partial charge is 0.354 e. The number of aromatic nitrogens is 2. The number of aryl methyl sites for hydroxylation is 2. The standard InChI is InChI=1S/C21H21ClN4O/c1-14-5-3-6-15(2)19(14)26-20(27)17-12-24-21(25-13-17)23-10-9-16-7-4-8-18(22)11-16/h3-8,11-13H,9-10H2,1-2H3,(H,26,27)(H,23,24,25). The van der Waals surface area contributed by atoms with Gasteiger partial charge in [0.1, 0.15) is 0 Å². The summed E-state index contributed by atoms with van der Waals surface area (Å²) in [6.07, 6.45) is 3.86. The topological polar surface area (TPSA) is 66.9 Å². The molecule has 138 valence electrons. The number of para-hydroxylation sites is 1. The fourth-order valence-electron chi connectivity index (χ4n) is 2.75. The predicted octanol–water partition coefficient (Wildman–Crippen LogP) is 4.65. The quantitative estimate of drug-likeness (QED) is 0.653. The van der Waals surface area contributed by atoms with Crippen molar-refractivity contribution in [1.29, 1.82) is 0 Å². The first-order valence-electron chi connectivity index (χ1n) is 8.71. The third kappa shape index (κ3) is 5.05. The molecule has 0 spiro atoms. The Kier molecular flexibility index (Phi) is 6.04. The summed E-state index contributed by atoms with van der Waals surface area (Å²) in [6, 6.07) is 13.6. The number of anilines is 2. The van der Waals surface area contributed by atoms with Gasteiger partial charge in [-0.1, -0.05) is 41.9 Å². The normalized spacial score (nSPS) is 10.5. The van der Waals surface area contributed by atoms with Crippen LogP contribution < -0.4 is 10.6 Å². The summed E-state index contributed by atoms with van der Waals surface area (Å²) in [4.78, 5) is 20.9. The number of carbonyl (C=O) groups excluding carboxylic acids is 1. The zero-order chi connectivity index (χ0) is 19.2. The van der Waals surface area contributed by atoms with E-state index in [1.807, 2.05) is 56.3 Å². The molecule has 0 radical (unpaired) electrons. The molecule has 5 nitrogen and oxygen atoms in total. The average Bonchev–Trinajstić information content (AvgIpc) is 2.65. The van der Waals surface area contributed by atoms with Crippen molar-refractivity contribution in [3.63, 3.8) is 0 Å². The summed E-state index contributed by atoms with van der Waals surface area (Å²) in [5.41, 5.74) is 4.41. The third-order valence-corrected chi connectivity index (χ3v) is 4.45. The summed E-state index contributed by atoms with van der Waals surface area (Å²) < 4.78 is 0. The molecule has 3 aromatic rings. The van der Waals surface area contributed by atoms with Crippen molar-refractivity contribution in [2.75, 3.05) is 17.2 Å². The van der Waals surface area contributed by atoms with Gasteiger partial charge >= 0.3 is 0 Å². The minimum absolute atomic E-state index is 0.224. The second-order valence-corrected chi connectivity index (χ2v) is 6.76. The highest BCUT2D eigenvalue weighted by atomic mass is 35.5. The molecule has 27 heavy (non-hydrogen) atoms. The Hall–Kier alpha value is -2.92. The molecule has 1 aromatic heterocycles. The van der Waals surface area contributed by atoms with Crippen LogP contribution in [0.25, 0.3) is 0 Å². The molecule has 0 saturated heterocycles. The van der Waals surface area contributed by atoms with Gasteiger partial charge < -0.3 is 10.6 Å². The third-order valence-electron chi connectivity index (χ3n) is 4.22. The lowest BCUT2D eigenvalue weighted by Gasteiger charge is -2.11. The molecule has 0 aliphatic carbocycles. The van der Waals surface area contributed by atoms with Crippen molar-refractivity contribution in [3.8, 4) is 0 Å². The second-order valence-electron chi connectivity index (χ2n) is 6.32. The van der Waals surface area contributed by atoms with Crippen LogP contribution in [0.3, 0.4) is 0 Å². The minimum Gasteiger partial charge on any atom is -0.354 e. The molecular formula is C21H21ClN4O. The summed E-state index contributed by atoms with van der Waals surface area (Å²) in [5.74, 6) is 0.263. The maximum absolute atomic E-state index is 12.4. The second kappa shape index (κ2) is 8.64. The first-order chi connectivity index (χ1) is 13.0. The van der Waals surface area contributed by atoms with Crippen LogP contribution in [0.5, 0.6) is 0 Å². The average molecular weight is 381 g/mol. The number of hydrogen-bond donors (Lipinski definition) is 2. The van der Waals surface area contributed by atoms with E-state index in [1.165, 1.54) is 12.4 Å². The summed E-state index contributed by atoms with van der Waals surface area (Å²) in [7, 11) is 0. The van der Waals surface area contributed by atoms with Crippen molar-refractivity contribution in [1.82, 2.24) is 9.97 Å². The molecule has 0 bridgehead atoms. The highest BCUT2D eigenvalue weighted by Crippen LogP contribution is 2.20. The number of amides is 1. The number of nitrogens with zero attached hydrogens (tertiary/aromatic N) is 2. The van der Waals surface area contributed by atoms with Crippen LogP contribution in [-0.2, 0) is 6.42 Å². The maximum Gasteiger partial charge on any atom is 0.258 e. The van der Waals surface area contributed by atoms with Gasteiger partial charge in [-0.3, -0.25) is 4.79 Å². The first-order valence-corrected chi connectivity index (χ1v) is 9.08. The predicted molar refractivity (Wildman–Crippen MR) is 110 cm³/mol. The summed E-state index contributed by atoms with van der Waals surface area (Å²) in [5, 5.41) is 6.81. The van der Waals surface area contributed by atoms with E-state index >= 15 is 0 Å². The number of hydrogen-bond acceptors (Lipinski definition) is 4. The van der Waals surface area contributed by atoms with Crippen LogP contribution >= 0.6 is 11.6 Å². The fraction of sp³-hybridized carbons (Fsp3) is 0.190. The highest BCUT2D eigenvalue weighted by Gasteiger charge is 2.10. The Bertz CT molecular complexity index is 921. The van der Waals surface area contributed by atoms with Crippen molar-refractivity contribution in [2.24, 2.45) is 0 Å². The van der Waals surface area contributed by atoms with E-state index in [0.717, 1.165) is 33.8 Å². The van der Waals surface area contributed by atoms with Gasteiger partial charge in [-0.25, -0.2) is 9.97 Å². The highest BCUT2D eigenvalue weighted by molar-refractivity contribution is 6.30. The molecule has 1 amide bonds. The maximum atomic E-state index is 12.4. The van der Waals surface area contributed by atoms with Gasteiger partial charge in [0, 0.05) is 29.6 Å². The molecular weight excluding hydrogens is 360 g/mol. The Morgan fingerprint density at radius 3 is 2.37 bits per heavy atom. The lowest BCUT2D eigenvalue weighted by molar-refractivity contribution is 0.102. The summed E-state index contributed by atoms with van der Waals surface area (Å²) in [6.45, 7) is 4.60. The smallest absolute Gasteiger partial charge is 0.258 e. The van der Waals surface area contributed by atoms with Crippen molar-refractivity contribution < 1.29 is 4.79 Å². The fourth-order valence-corrected chi connectivity index (χ4v) is 2.96. The molecule has 6 heteroatoms. The monoisotopic (exact) mass is 380 g/mol.